The molecular formula is C53H32N4O. The quantitative estimate of drug-likeness (QED) is 0.176. The Morgan fingerprint density at radius 2 is 0.931 bits per heavy atom. The minimum absolute atomic E-state index is 0.551. The first-order valence-electron chi connectivity index (χ1n) is 19.5. The molecule has 0 spiro atoms. The molecule has 12 rings (SSSR count). The minimum atomic E-state index is 0.551. The molecule has 0 saturated carbocycles. The van der Waals surface area contributed by atoms with E-state index in [4.69, 9.17) is 19.4 Å². The van der Waals surface area contributed by atoms with Gasteiger partial charge >= 0.3 is 0 Å². The summed E-state index contributed by atoms with van der Waals surface area (Å²) in [5, 5.41) is 9.21. The van der Waals surface area contributed by atoms with Gasteiger partial charge in [0.05, 0.1) is 22.3 Å². The number of fused-ring (bicyclic) bond motifs is 9. The summed E-state index contributed by atoms with van der Waals surface area (Å²) >= 11 is 0. The highest BCUT2D eigenvalue weighted by molar-refractivity contribution is 6.23. The molecule has 0 saturated heterocycles. The van der Waals surface area contributed by atoms with Crippen molar-refractivity contribution in [3.63, 3.8) is 0 Å². The Labute approximate surface area is 333 Å². The van der Waals surface area contributed by atoms with Crippen LogP contribution >= 0.6 is 0 Å². The van der Waals surface area contributed by atoms with Gasteiger partial charge in [-0.25, -0.2) is 15.0 Å². The molecule has 58 heavy (non-hydrogen) atoms. The molecule has 9 aromatic carbocycles. The second kappa shape index (κ2) is 12.8. The van der Waals surface area contributed by atoms with Crippen LogP contribution < -0.4 is 0 Å². The number of nitrogens with zero attached hydrogens (tertiary/aromatic N) is 4. The van der Waals surface area contributed by atoms with Crippen LogP contribution in [0.3, 0.4) is 0 Å². The fourth-order valence-corrected chi connectivity index (χ4v) is 8.80. The lowest BCUT2D eigenvalue weighted by molar-refractivity contribution is 0.669. The maximum absolute atomic E-state index is 7.05. The zero-order valence-electron chi connectivity index (χ0n) is 31.2. The van der Waals surface area contributed by atoms with Crippen LogP contribution in [0.4, 0.5) is 0 Å². The Kier molecular flexibility index (Phi) is 7.16. The summed E-state index contributed by atoms with van der Waals surface area (Å²) < 4.78 is 9.45. The van der Waals surface area contributed by atoms with Crippen LogP contribution in [0, 0.1) is 0 Å². The number of aromatic nitrogens is 4. The summed E-state index contributed by atoms with van der Waals surface area (Å²) in [6, 6.07) is 67.9. The third-order valence-electron chi connectivity index (χ3n) is 11.4. The predicted molar refractivity (Wildman–Crippen MR) is 238 cm³/mol. The summed E-state index contributed by atoms with van der Waals surface area (Å²) in [7, 11) is 0. The van der Waals surface area contributed by atoms with Crippen LogP contribution in [0.2, 0.25) is 0 Å². The van der Waals surface area contributed by atoms with Gasteiger partial charge in [-0.15, -0.1) is 0 Å². The van der Waals surface area contributed by atoms with Gasteiger partial charge in [0.2, 0.25) is 0 Å². The second-order valence-corrected chi connectivity index (χ2v) is 14.8. The van der Waals surface area contributed by atoms with Crippen LogP contribution in [-0.4, -0.2) is 19.5 Å². The fraction of sp³-hybridized carbons (Fsp3) is 0. The number of para-hydroxylation sites is 2. The highest BCUT2D eigenvalue weighted by Gasteiger charge is 2.22. The zero-order valence-corrected chi connectivity index (χ0v) is 31.2. The van der Waals surface area contributed by atoms with Gasteiger partial charge in [-0.2, -0.15) is 0 Å². The normalized spacial score (nSPS) is 11.8. The standard InChI is InChI=1S/C53H32N4O/c1-3-16-33(17-4-1)37-22-9-12-26-41(37)52-54-51(34-18-5-2-6-19-34)55-53(56-52)43-28-15-27-42-49-40-25-11-10-23-38(40)47(32-48(49)58-50(42)43)57-45-29-14-13-24-39(45)44-30-35-20-7-8-21-36(35)31-46(44)57/h1-32H. The number of rotatable bonds is 5. The molecule has 0 aliphatic rings. The van der Waals surface area contributed by atoms with Gasteiger partial charge in [0.15, 0.2) is 17.5 Å². The van der Waals surface area contributed by atoms with E-state index in [0.717, 1.165) is 77.2 Å². The molecule has 5 nitrogen and oxygen atoms in total. The van der Waals surface area contributed by atoms with E-state index in [-0.39, 0.29) is 0 Å². The number of benzene rings is 9. The molecule has 3 aromatic heterocycles. The molecule has 3 heterocycles. The van der Waals surface area contributed by atoms with Crippen LogP contribution in [0.25, 0.3) is 116 Å². The van der Waals surface area contributed by atoms with Gasteiger partial charge in [0, 0.05) is 44.1 Å². The fourth-order valence-electron chi connectivity index (χ4n) is 8.80. The van der Waals surface area contributed by atoms with Crippen molar-refractivity contribution in [1.29, 1.82) is 0 Å². The van der Waals surface area contributed by atoms with Gasteiger partial charge in [-0.3, -0.25) is 0 Å². The topological polar surface area (TPSA) is 56.7 Å². The maximum atomic E-state index is 7.05. The van der Waals surface area contributed by atoms with Crippen molar-refractivity contribution in [3.05, 3.63) is 194 Å². The summed E-state index contributed by atoms with van der Waals surface area (Å²) in [6.07, 6.45) is 0. The maximum Gasteiger partial charge on any atom is 0.167 e. The van der Waals surface area contributed by atoms with Crippen LogP contribution in [0.1, 0.15) is 0 Å². The molecule has 12 aromatic rings. The number of furan rings is 1. The van der Waals surface area contributed by atoms with Crippen molar-refractivity contribution in [2.45, 2.75) is 0 Å². The lowest BCUT2D eigenvalue weighted by atomic mass is 9.99. The van der Waals surface area contributed by atoms with Crippen molar-refractivity contribution < 1.29 is 4.42 Å². The summed E-state index contributed by atoms with van der Waals surface area (Å²) in [5.74, 6) is 1.75. The lowest BCUT2D eigenvalue weighted by Crippen LogP contribution is -2.01. The Morgan fingerprint density at radius 3 is 1.72 bits per heavy atom. The van der Waals surface area contributed by atoms with Crippen LogP contribution in [0.15, 0.2) is 199 Å². The molecule has 0 unspecified atom stereocenters. The van der Waals surface area contributed by atoms with E-state index in [1.807, 2.05) is 42.5 Å². The molecule has 0 radical (unpaired) electrons. The first kappa shape index (κ1) is 32.4. The van der Waals surface area contributed by atoms with E-state index in [2.05, 4.69) is 156 Å². The van der Waals surface area contributed by atoms with Crippen LogP contribution in [-0.2, 0) is 0 Å². The largest absolute Gasteiger partial charge is 0.455 e. The molecule has 0 aliphatic heterocycles. The van der Waals surface area contributed by atoms with E-state index < -0.39 is 0 Å². The first-order valence-corrected chi connectivity index (χ1v) is 19.5. The average Bonchev–Trinajstić information content (AvgIpc) is 3.84. The van der Waals surface area contributed by atoms with E-state index in [9.17, 15) is 0 Å². The van der Waals surface area contributed by atoms with Gasteiger partial charge in [-0.1, -0.05) is 164 Å². The van der Waals surface area contributed by atoms with E-state index in [0.29, 0.717) is 17.5 Å². The van der Waals surface area contributed by atoms with Crippen molar-refractivity contribution >= 4 is 65.3 Å². The van der Waals surface area contributed by atoms with Gasteiger partial charge < -0.3 is 8.98 Å². The Balaban J connectivity index is 1.12. The van der Waals surface area contributed by atoms with E-state index in [1.165, 1.54) is 21.5 Å². The zero-order chi connectivity index (χ0) is 38.2. The predicted octanol–water partition coefficient (Wildman–Crippen LogP) is 13.8. The number of hydrogen-bond acceptors (Lipinski definition) is 4. The average molecular weight is 741 g/mol. The van der Waals surface area contributed by atoms with Gasteiger partial charge in [0.1, 0.15) is 11.2 Å². The van der Waals surface area contributed by atoms with Crippen LogP contribution in [0.5, 0.6) is 0 Å². The number of hydrogen-bond donors (Lipinski definition) is 0. The Morgan fingerprint density at radius 1 is 0.362 bits per heavy atom. The second-order valence-electron chi connectivity index (χ2n) is 14.8. The molecule has 0 fully saturated rings. The lowest BCUT2D eigenvalue weighted by Gasteiger charge is -2.13. The SMILES string of the molecule is c1ccc(-c2nc(-c3ccccc3-c3ccccc3)nc(-c3cccc4c3oc3cc(-n5c6ccccc6c6cc7ccccc7cc65)c5ccccc5c34)n2)cc1. The highest BCUT2D eigenvalue weighted by Crippen LogP contribution is 2.44. The third-order valence-corrected chi connectivity index (χ3v) is 11.4. The van der Waals surface area contributed by atoms with Crippen molar-refractivity contribution in [2.24, 2.45) is 0 Å². The summed E-state index contributed by atoms with van der Waals surface area (Å²) in [5.41, 5.74) is 9.71. The molecule has 0 atom stereocenters. The van der Waals surface area contributed by atoms with Crippen molar-refractivity contribution in [2.75, 3.05) is 0 Å². The highest BCUT2D eigenvalue weighted by atomic mass is 16.3. The monoisotopic (exact) mass is 740 g/mol. The van der Waals surface area contributed by atoms with Crippen molar-refractivity contribution in [3.8, 4) is 51.0 Å². The Bertz CT molecular complexity index is 3570. The van der Waals surface area contributed by atoms with Gasteiger partial charge in [0.25, 0.3) is 0 Å². The molecule has 0 bridgehead atoms. The van der Waals surface area contributed by atoms with E-state index >= 15 is 0 Å². The Hall–Kier alpha value is -7.89. The molecular weight excluding hydrogens is 709 g/mol. The smallest absolute Gasteiger partial charge is 0.167 e. The molecule has 270 valence electrons. The molecule has 0 aliphatic carbocycles. The van der Waals surface area contributed by atoms with Crippen molar-refractivity contribution in [1.82, 2.24) is 19.5 Å². The third kappa shape index (κ3) is 5.00. The van der Waals surface area contributed by atoms with Gasteiger partial charge in [-0.05, 0) is 51.6 Å². The minimum Gasteiger partial charge on any atom is -0.455 e. The summed E-state index contributed by atoms with van der Waals surface area (Å²) in [4.78, 5) is 15.5. The molecule has 5 heteroatoms. The molecule has 0 amide bonds. The summed E-state index contributed by atoms with van der Waals surface area (Å²) in [6.45, 7) is 0. The molecule has 0 N–H and O–H groups in total. The van der Waals surface area contributed by atoms with E-state index in [1.54, 1.807) is 0 Å². The first-order chi connectivity index (χ1) is 28.8.